The van der Waals surface area contributed by atoms with Crippen molar-refractivity contribution in [3.8, 4) is 0 Å². The Morgan fingerprint density at radius 2 is 1.14 bits per heavy atom. The number of ether oxygens (including phenoxy) is 1. The second-order valence-corrected chi connectivity index (χ2v) is 7.71. The second-order valence-electron chi connectivity index (χ2n) is 7.71. The minimum atomic E-state index is -1.63. The molecule has 1 fully saturated rings. The standard InChI is InChI=1S/C25H26O3/c1-18-23(20-12-6-3-7-13-20)28-25(27,22-16-10-5-11-17-22)19(2)24(18,26)21-14-8-4-9-15-21/h3-19,23,26-27H,1-2H3/t18-,19-,23+,24-,25-/m0/s1. The molecule has 3 heteroatoms. The van der Waals surface area contributed by atoms with Crippen LogP contribution in [0.5, 0.6) is 0 Å². The van der Waals surface area contributed by atoms with Crippen molar-refractivity contribution in [3.63, 3.8) is 0 Å². The van der Waals surface area contributed by atoms with Crippen molar-refractivity contribution in [3.05, 3.63) is 108 Å². The molecule has 3 aromatic carbocycles. The van der Waals surface area contributed by atoms with Crippen LogP contribution in [-0.2, 0) is 16.1 Å². The van der Waals surface area contributed by atoms with Crippen LogP contribution in [0.25, 0.3) is 0 Å². The molecule has 1 saturated heterocycles. The number of hydrogen-bond acceptors (Lipinski definition) is 3. The number of benzene rings is 3. The van der Waals surface area contributed by atoms with Gasteiger partial charge in [-0.2, -0.15) is 0 Å². The van der Waals surface area contributed by atoms with Crippen molar-refractivity contribution in [2.45, 2.75) is 31.3 Å². The fourth-order valence-corrected chi connectivity index (χ4v) is 4.53. The molecular formula is C25H26O3. The predicted molar refractivity (Wildman–Crippen MR) is 109 cm³/mol. The van der Waals surface area contributed by atoms with Gasteiger partial charge in [-0.05, 0) is 11.1 Å². The van der Waals surface area contributed by atoms with E-state index in [1.54, 1.807) is 0 Å². The summed E-state index contributed by atoms with van der Waals surface area (Å²) >= 11 is 0. The highest BCUT2D eigenvalue weighted by molar-refractivity contribution is 5.32. The first kappa shape index (κ1) is 18.9. The number of hydrogen-bond donors (Lipinski definition) is 2. The molecular weight excluding hydrogens is 348 g/mol. The lowest BCUT2D eigenvalue weighted by molar-refractivity contribution is -0.359. The zero-order chi connectivity index (χ0) is 19.8. The molecule has 5 atom stereocenters. The molecule has 0 saturated carbocycles. The Morgan fingerprint density at radius 3 is 1.68 bits per heavy atom. The molecule has 0 aromatic heterocycles. The van der Waals surface area contributed by atoms with E-state index in [2.05, 4.69) is 0 Å². The summed E-state index contributed by atoms with van der Waals surface area (Å²) in [6.07, 6.45) is -0.465. The van der Waals surface area contributed by atoms with Crippen molar-refractivity contribution in [2.24, 2.45) is 11.8 Å². The van der Waals surface area contributed by atoms with Crippen LogP contribution in [0, 0.1) is 11.8 Å². The molecule has 0 radical (unpaired) electrons. The zero-order valence-corrected chi connectivity index (χ0v) is 16.2. The summed E-state index contributed by atoms with van der Waals surface area (Å²) in [6.45, 7) is 3.85. The first-order valence-electron chi connectivity index (χ1n) is 9.76. The summed E-state index contributed by atoms with van der Waals surface area (Å²) in [5, 5.41) is 23.8. The maximum atomic E-state index is 12.1. The largest absolute Gasteiger partial charge is 0.384 e. The van der Waals surface area contributed by atoms with E-state index in [9.17, 15) is 10.2 Å². The van der Waals surface area contributed by atoms with Gasteiger partial charge in [-0.3, -0.25) is 0 Å². The van der Waals surface area contributed by atoms with Crippen molar-refractivity contribution in [2.75, 3.05) is 0 Å². The van der Waals surface area contributed by atoms with Gasteiger partial charge in [0.15, 0.2) is 5.79 Å². The van der Waals surface area contributed by atoms with Gasteiger partial charge in [-0.15, -0.1) is 0 Å². The van der Waals surface area contributed by atoms with Crippen LogP contribution in [0.15, 0.2) is 91.0 Å². The van der Waals surface area contributed by atoms with Crippen LogP contribution in [0.3, 0.4) is 0 Å². The predicted octanol–water partition coefficient (Wildman–Crippen LogP) is 4.76. The van der Waals surface area contributed by atoms with Gasteiger partial charge in [0, 0.05) is 17.4 Å². The zero-order valence-electron chi connectivity index (χ0n) is 16.2. The van der Waals surface area contributed by atoms with Crippen LogP contribution >= 0.6 is 0 Å². The molecule has 2 N–H and O–H groups in total. The molecule has 0 amide bonds. The van der Waals surface area contributed by atoms with E-state index in [1.165, 1.54) is 0 Å². The van der Waals surface area contributed by atoms with Gasteiger partial charge in [0.1, 0.15) is 5.60 Å². The van der Waals surface area contributed by atoms with E-state index in [4.69, 9.17) is 4.74 Å². The maximum Gasteiger partial charge on any atom is 0.198 e. The van der Waals surface area contributed by atoms with E-state index in [1.807, 2.05) is 105 Å². The fourth-order valence-electron chi connectivity index (χ4n) is 4.53. The van der Waals surface area contributed by atoms with Gasteiger partial charge in [-0.25, -0.2) is 0 Å². The first-order valence-corrected chi connectivity index (χ1v) is 9.76. The quantitative estimate of drug-likeness (QED) is 0.695. The van der Waals surface area contributed by atoms with Gasteiger partial charge in [-0.1, -0.05) is 105 Å². The van der Waals surface area contributed by atoms with Crippen LogP contribution in [0.1, 0.15) is 36.6 Å². The van der Waals surface area contributed by atoms with Crippen LogP contribution in [0.2, 0.25) is 0 Å². The molecule has 0 aliphatic carbocycles. The second kappa shape index (κ2) is 7.17. The van der Waals surface area contributed by atoms with Crippen molar-refractivity contribution >= 4 is 0 Å². The number of aliphatic hydroxyl groups is 2. The van der Waals surface area contributed by atoms with Crippen molar-refractivity contribution in [1.82, 2.24) is 0 Å². The Balaban J connectivity index is 1.90. The molecule has 144 valence electrons. The lowest BCUT2D eigenvalue weighted by Crippen LogP contribution is -2.58. The molecule has 0 spiro atoms. The highest BCUT2D eigenvalue weighted by Gasteiger charge is 2.59. The Kier molecular flexibility index (Phi) is 4.84. The third-order valence-electron chi connectivity index (χ3n) is 6.25. The normalized spacial score (nSPS) is 32.8. The minimum Gasteiger partial charge on any atom is -0.384 e. The van der Waals surface area contributed by atoms with Gasteiger partial charge >= 0.3 is 0 Å². The molecule has 28 heavy (non-hydrogen) atoms. The van der Waals surface area contributed by atoms with Crippen molar-refractivity contribution in [1.29, 1.82) is 0 Å². The Morgan fingerprint density at radius 1 is 0.679 bits per heavy atom. The molecule has 0 bridgehead atoms. The summed E-state index contributed by atoms with van der Waals surface area (Å²) in [4.78, 5) is 0. The topological polar surface area (TPSA) is 49.7 Å². The van der Waals surface area contributed by atoms with E-state index < -0.39 is 23.4 Å². The molecule has 4 rings (SSSR count). The summed E-state index contributed by atoms with van der Waals surface area (Å²) in [5.74, 6) is -2.48. The Labute approximate surface area is 166 Å². The fraction of sp³-hybridized carbons (Fsp3) is 0.280. The molecule has 1 aliphatic heterocycles. The van der Waals surface area contributed by atoms with E-state index in [-0.39, 0.29) is 5.92 Å². The minimum absolute atomic E-state index is 0.267. The van der Waals surface area contributed by atoms with Gasteiger partial charge in [0.2, 0.25) is 0 Å². The molecule has 1 aliphatic rings. The molecule has 3 aromatic rings. The summed E-state index contributed by atoms with van der Waals surface area (Å²) in [6, 6.07) is 28.8. The van der Waals surface area contributed by atoms with Gasteiger partial charge in [0.25, 0.3) is 0 Å². The van der Waals surface area contributed by atoms with E-state index in [0.29, 0.717) is 5.56 Å². The molecule has 3 nitrogen and oxygen atoms in total. The lowest BCUT2D eigenvalue weighted by Gasteiger charge is -2.55. The Bertz CT molecular complexity index is 912. The van der Waals surface area contributed by atoms with Gasteiger partial charge < -0.3 is 14.9 Å². The molecule has 0 unspecified atom stereocenters. The average Bonchev–Trinajstić information content (AvgIpc) is 2.77. The maximum absolute atomic E-state index is 12.1. The van der Waals surface area contributed by atoms with E-state index in [0.717, 1.165) is 11.1 Å². The average molecular weight is 374 g/mol. The van der Waals surface area contributed by atoms with Crippen molar-refractivity contribution < 1.29 is 14.9 Å². The lowest BCUT2D eigenvalue weighted by atomic mass is 9.64. The third-order valence-corrected chi connectivity index (χ3v) is 6.25. The van der Waals surface area contributed by atoms with Crippen LogP contribution in [0.4, 0.5) is 0 Å². The van der Waals surface area contributed by atoms with E-state index >= 15 is 0 Å². The summed E-state index contributed by atoms with van der Waals surface area (Å²) in [5.41, 5.74) is 1.09. The Hall–Kier alpha value is -2.46. The first-order chi connectivity index (χ1) is 13.5. The monoisotopic (exact) mass is 374 g/mol. The van der Waals surface area contributed by atoms with Crippen LogP contribution < -0.4 is 0 Å². The van der Waals surface area contributed by atoms with Crippen LogP contribution in [-0.4, -0.2) is 10.2 Å². The summed E-state index contributed by atoms with van der Waals surface area (Å²) < 4.78 is 6.38. The third kappa shape index (κ3) is 2.87. The highest BCUT2D eigenvalue weighted by Crippen LogP contribution is 2.56. The highest BCUT2D eigenvalue weighted by atomic mass is 16.6. The summed E-state index contributed by atoms with van der Waals surface area (Å²) in [7, 11) is 0. The smallest absolute Gasteiger partial charge is 0.198 e. The van der Waals surface area contributed by atoms with Gasteiger partial charge in [0.05, 0.1) is 6.10 Å². The number of rotatable bonds is 3. The molecule has 1 heterocycles. The SMILES string of the molecule is C[C@H]1[C@H](c2ccccc2)O[C@](O)(c2ccccc2)[C@@H](C)[C@]1(O)c1ccccc1.